The topological polar surface area (TPSA) is 34.9 Å². The first-order valence-corrected chi connectivity index (χ1v) is 4.73. The van der Waals surface area contributed by atoms with E-state index in [4.69, 9.17) is 0 Å². The van der Waals surface area contributed by atoms with Crippen molar-refractivity contribution in [2.45, 2.75) is 39.7 Å². The SMILES string of the molecule is CCCn1ccnc1CCC(C)=O. The van der Waals surface area contributed by atoms with Crippen molar-refractivity contribution in [3.8, 4) is 0 Å². The summed E-state index contributed by atoms with van der Waals surface area (Å²) in [5.41, 5.74) is 0. The lowest BCUT2D eigenvalue weighted by Crippen LogP contribution is -2.04. The van der Waals surface area contributed by atoms with E-state index in [1.54, 1.807) is 13.1 Å². The predicted octanol–water partition coefficient (Wildman–Crippen LogP) is 1.81. The maximum atomic E-state index is 10.8. The molecule has 0 spiro atoms. The van der Waals surface area contributed by atoms with E-state index < -0.39 is 0 Å². The molecule has 0 radical (unpaired) electrons. The van der Waals surface area contributed by atoms with Gasteiger partial charge in [0.15, 0.2) is 0 Å². The molecule has 0 aromatic carbocycles. The van der Waals surface area contributed by atoms with Crippen LogP contribution in [0.4, 0.5) is 0 Å². The number of ketones is 1. The van der Waals surface area contributed by atoms with Gasteiger partial charge in [-0.1, -0.05) is 6.92 Å². The van der Waals surface area contributed by atoms with Crippen LogP contribution in [0, 0.1) is 0 Å². The Kier molecular flexibility index (Phi) is 3.68. The standard InChI is InChI=1S/C10H16N2O/c1-3-7-12-8-6-11-10(12)5-4-9(2)13/h6,8H,3-5,7H2,1-2H3. The van der Waals surface area contributed by atoms with Crippen LogP contribution in [-0.4, -0.2) is 15.3 Å². The molecule has 0 aliphatic rings. The van der Waals surface area contributed by atoms with Gasteiger partial charge in [-0.25, -0.2) is 4.98 Å². The van der Waals surface area contributed by atoms with Gasteiger partial charge >= 0.3 is 0 Å². The molecule has 1 rings (SSSR count). The summed E-state index contributed by atoms with van der Waals surface area (Å²) in [5, 5.41) is 0. The lowest BCUT2D eigenvalue weighted by atomic mass is 10.2. The van der Waals surface area contributed by atoms with Crippen molar-refractivity contribution in [1.29, 1.82) is 0 Å². The first-order chi connectivity index (χ1) is 6.24. The fourth-order valence-corrected chi connectivity index (χ4v) is 1.30. The summed E-state index contributed by atoms with van der Waals surface area (Å²) in [6.07, 6.45) is 6.23. The van der Waals surface area contributed by atoms with Gasteiger partial charge < -0.3 is 9.36 Å². The normalized spacial score (nSPS) is 10.3. The van der Waals surface area contributed by atoms with Crippen LogP contribution in [0.15, 0.2) is 12.4 Å². The zero-order valence-corrected chi connectivity index (χ0v) is 8.29. The lowest BCUT2D eigenvalue weighted by Gasteiger charge is -2.04. The van der Waals surface area contributed by atoms with Crippen LogP contribution in [0.2, 0.25) is 0 Å². The van der Waals surface area contributed by atoms with E-state index in [2.05, 4.69) is 16.5 Å². The Morgan fingerprint density at radius 1 is 1.62 bits per heavy atom. The van der Waals surface area contributed by atoms with Crippen LogP contribution >= 0.6 is 0 Å². The Morgan fingerprint density at radius 3 is 3.00 bits per heavy atom. The molecule has 0 amide bonds. The van der Waals surface area contributed by atoms with E-state index in [9.17, 15) is 4.79 Å². The second-order valence-electron chi connectivity index (χ2n) is 3.24. The van der Waals surface area contributed by atoms with Gasteiger partial charge in [0.05, 0.1) is 0 Å². The van der Waals surface area contributed by atoms with Crippen LogP contribution in [0.5, 0.6) is 0 Å². The molecule has 1 aromatic rings. The number of nitrogens with zero attached hydrogens (tertiary/aromatic N) is 2. The van der Waals surface area contributed by atoms with E-state index in [-0.39, 0.29) is 5.78 Å². The molecule has 3 heteroatoms. The highest BCUT2D eigenvalue weighted by molar-refractivity contribution is 5.75. The largest absolute Gasteiger partial charge is 0.335 e. The van der Waals surface area contributed by atoms with Gasteiger partial charge in [0.1, 0.15) is 11.6 Å². The van der Waals surface area contributed by atoms with Gasteiger partial charge in [-0.15, -0.1) is 0 Å². The third kappa shape index (κ3) is 3.01. The molecule has 0 aliphatic heterocycles. The quantitative estimate of drug-likeness (QED) is 0.692. The van der Waals surface area contributed by atoms with Gasteiger partial charge in [0.2, 0.25) is 0 Å². The molecule has 0 bridgehead atoms. The summed E-state index contributed by atoms with van der Waals surface area (Å²) in [6.45, 7) is 4.75. The van der Waals surface area contributed by atoms with Crippen molar-refractivity contribution in [3.05, 3.63) is 18.2 Å². The maximum Gasteiger partial charge on any atom is 0.130 e. The van der Waals surface area contributed by atoms with Crippen molar-refractivity contribution >= 4 is 5.78 Å². The fraction of sp³-hybridized carbons (Fsp3) is 0.600. The van der Waals surface area contributed by atoms with Crippen molar-refractivity contribution in [3.63, 3.8) is 0 Å². The Labute approximate surface area is 78.8 Å². The molecule has 0 fully saturated rings. The number of rotatable bonds is 5. The van der Waals surface area contributed by atoms with E-state index >= 15 is 0 Å². The number of carbonyl (C=O) groups is 1. The molecule has 1 aromatic heterocycles. The van der Waals surface area contributed by atoms with Crippen LogP contribution in [0.25, 0.3) is 0 Å². The lowest BCUT2D eigenvalue weighted by molar-refractivity contribution is -0.117. The van der Waals surface area contributed by atoms with Crippen LogP contribution in [0.1, 0.15) is 32.5 Å². The second kappa shape index (κ2) is 4.80. The van der Waals surface area contributed by atoms with E-state index in [1.165, 1.54) is 0 Å². The molecule has 0 N–H and O–H groups in total. The minimum Gasteiger partial charge on any atom is -0.335 e. The van der Waals surface area contributed by atoms with Crippen LogP contribution in [0.3, 0.4) is 0 Å². The molecule has 0 saturated heterocycles. The van der Waals surface area contributed by atoms with Gasteiger partial charge in [0, 0.05) is 31.8 Å². The highest BCUT2D eigenvalue weighted by Gasteiger charge is 2.02. The number of hydrogen-bond donors (Lipinski definition) is 0. The highest BCUT2D eigenvalue weighted by Crippen LogP contribution is 2.02. The summed E-state index contributed by atoms with van der Waals surface area (Å²) in [7, 11) is 0. The van der Waals surface area contributed by atoms with Crippen molar-refractivity contribution in [1.82, 2.24) is 9.55 Å². The molecule has 13 heavy (non-hydrogen) atoms. The van der Waals surface area contributed by atoms with E-state index in [0.29, 0.717) is 6.42 Å². The van der Waals surface area contributed by atoms with Crippen LogP contribution < -0.4 is 0 Å². The van der Waals surface area contributed by atoms with E-state index in [0.717, 1.165) is 25.2 Å². The first kappa shape index (κ1) is 9.96. The molecule has 0 atom stereocenters. The third-order valence-corrected chi connectivity index (χ3v) is 1.97. The Hall–Kier alpha value is -1.12. The number of imidazole rings is 1. The van der Waals surface area contributed by atoms with Gasteiger partial charge in [-0.05, 0) is 13.3 Å². The average Bonchev–Trinajstić information content (AvgIpc) is 2.49. The second-order valence-corrected chi connectivity index (χ2v) is 3.24. The molecule has 0 unspecified atom stereocenters. The fourth-order valence-electron chi connectivity index (χ4n) is 1.30. The van der Waals surface area contributed by atoms with Gasteiger partial charge in [-0.2, -0.15) is 0 Å². The molecule has 1 heterocycles. The molecular formula is C10H16N2O. The number of hydrogen-bond acceptors (Lipinski definition) is 2. The minimum absolute atomic E-state index is 0.228. The summed E-state index contributed by atoms with van der Waals surface area (Å²) in [6, 6.07) is 0. The Bertz CT molecular complexity index is 278. The number of Topliss-reactive ketones (excluding diaryl/α,β-unsaturated/α-hetero) is 1. The Balaban J connectivity index is 2.54. The molecule has 72 valence electrons. The summed E-state index contributed by atoms with van der Waals surface area (Å²) in [5.74, 6) is 1.25. The predicted molar refractivity (Wildman–Crippen MR) is 51.5 cm³/mol. The molecule has 3 nitrogen and oxygen atoms in total. The van der Waals surface area contributed by atoms with Crippen molar-refractivity contribution in [2.24, 2.45) is 0 Å². The zero-order valence-electron chi connectivity index (χ0n) is 8.29. The van der Waals surface area contributed by atoms with E-state index in [1.807, 2.05) is 6.20 Å². The highest BCUT2D eigenvalue weighted by atomic mass is 16.1. The summed E-state index contributed by atoms with van der Waals surface area (Å²) >= 11 is 0. The first-order valence-electron chi connectivity index (χ1n) is 4.73. The minimum atomic E-state index is 0.228. The van der Waals surface area contributed by atoms with Gasteiger partial charge in [-0.3, -0.25) is 0 Å². The smallest absolute Gasteiger partial charge is 0.130 e. The van der Waals surface area contributed by atoms with Gasteiger partial charge in [0.25, 0.3) is 0 Å². The number of aromatic nitrogens is 2. The third-order valence-electron chi connectivity index (χ3n) is 1.97. The van der Waals surface area contributed by atoms with Crippen molar-refractivity contribution < 1.29 is 4.79 Å². The number of aryl methyl sites for hydroxylation is 2. The Morgan fingerprint density at radius 2 is 2.38 bits per heavy atom. The molecule has 0 saturated carbocycles. The summed E-state index contributed by atoms with van der Waals surface area (Å²) < 4.78 is 2.11. The zero-order chi connectivity index (χ0) is 9.68. The maximum absolute atomic E-state index is 10.8. The van der Waals surface area contributed by atoms with Crippen molar-refractivity contribution in [2.75, 3.05) is 0 Å². The molecule has 0 aliphatic carbocycles. The monoisotopic (exact) mass is 180 g/mol. The van der Waals surface area contributed by atoms with Crippen LogP contribution in [-0.2, 0) is 17.8 Å². The molecular weight excluding hydrogens is 164 g/mol. The number of carbonyl (C=O) groups excluding carboxylic acids is 1. The summed E-state index contributed by atoms with van der Waals surface area (Å²) in [4.78, 5) is 15.0. The average molecular weight is 180 g/mol.